The minimum atomic E-state index is -0.459. The maximum atomic E-state index is 12.0. The lowest BCUT2D eigenvalue weighted by Gasteiger charge is -2.32. The summed E-state index contributed by atoms with van der Waals surface area (Å²) in [6.45, 7) is 1.91. The Kier molecular flexibility index (Phi) is 4.73. The van der Waals surface area contributed by atoms with Crippen molar-refractivity contribution in [2.24, 2.45) is 0 Å². The Balaban J connectivity index is 1.87. The highest BCUT2D eigenvalue weighted by Gasteiger charge is 2.28. The molecule has 1 N–H and O–H groups in total. The number of aliphatic hydroxyl groups excluding tert-OH is 1. The molecule has 2 rings (SSSR count). The van der Waals surface area contributed by atoms with E-state index in [1.165, 1.54) is 5.56 Å². The molecule has 98 valence electrons. The lowest BCUT2D eigenvalue weighted by atomic mass is 10.1. The topological polar surface area (TPSA) is 49.8 Å². The van der Waals surface area contributed by atoms with Crippen molar-refractivity contribution in [1.82, 2.24) is 4.90 Å². The van der Waals surface area contributed by atoms with Gasteiger partial charge in [0.1, 0.15) is 6.10 Å². The number of carbonyl (C=O) groups excluding carboxylic acids is 1. The Hall–Kier alpha value is -1.39. The van der Waals surface area contributed by atoms with Gasteiger partial charge < -0.3 is 14.7 Å². The average molecular weight is 249 g/mol. The van der Waals surface area contributed by atoms with Crippen LogP contribution in [-0.4, -0.2) is 48.3 Å². The first kappa shape index (κ1) is 13.1. The molecule has 1 aliphatic heterocycles. The van der Waals surface area contributed by atoms with E-state index in [1.807, 2.05) is 23.1 Å². The molecule has 0 aromatic heterocycles. The largest absolute Gasteiger partial charge is 0.396 e. The summed E-state index contributed by atoms with van der Waals surface area (Å²) in [4.78, 5) is 13.9. The predicted molar refractivity (Wildman–Crippen MR) is 68.2 cm³/mol. The monoisotopic (exact) mass is 249 g/mol. The Labute approximate surface area is 107 Å². The molecule has 1 saturated heterocycles. The van der Waals surface area contributed by atoms with Gasteiger partial charge in [0.25, 0.3) is 5.91 Å². The van der Waals surface area contributed by atoms with Crippen molar-refractivity contribution in [3.05, 3.63) is 35.9 Å². The number of benzene rings is 1. The zero-order valence-electron chi connectivity index (χ0n) is 10.4. The summed E-state index contributed by atoms with van der Waals surface area (Å²) in [6.07, 6.45) is 0.790. The van der Waals surface area contributed by atoms with Crippen molar-refractivity contribution in [1.29, 1.82) is 0 Å². The van der Waals surface area contributed by atoms with E-state index < -0.39 is 6.10 Å². The molecule has 18 heavy (non-hydrogen) atoms. The summed E-state index contributed by atoms with van der Waals surface area (Å²) in [5.74, 6) is 0.00577. The molecule has 0 saturated carbocycles. The molecule has 0 bridgehead atoms. The zero-order valence-corrected chi connectivity index (χ0v) is 10.4. The number of carbonyl (C=O) groups is 1. The van der Waals surface area contributed by atoms with Gasteiger partial charge in [-0.3, -0.25) is 4.79 Å². The van der Waals surface area contributed by atoms with Crippen LogP contribution in [0.5, 0.6) is 0 Å². The third-order valence-electron chi connectivity index (χ3n) is 3.17. The summed E-state index contributed by atoms with van der Waals surface area (Å²) in [6, 6.07) is 10.1. The van der Waals surface area contributed by atoms with Gasteiger partial charge in [0.05, 0.1) is 6.61 Å². The van der Waals surface area contributed by atoms with Gasteiger partial charge >= 0.3 is 0 Å². The maximum absolute atomic E-state index is 12.0. The molecular formula is C14H19NO3. The van der Waals surface area contributed by atoms with Crippen molar-refractivity contribution >= 4 is 5.91 Å². The molecule has 1 aromatic rings. The van der Waals surface area contributed by atoms with Crippen LogP contribution >= 0.6 is 0 Å². The fourth-order valence-corrected chi connectivity index (χ4v) is 2.15. The van der Waals surface area contributed by atoms with Crippen LogP contribution in [0.15, 0.2) is 30.3 Å². The van der Waals surface area contributed by atoms with Gasteiger partial charge in [-0.15, -0.1) is 0 Å². The SMILES string of the molecule is O=C1C(CCO)OCCN1CCc1ccccc1. The van der Waals surface area contributed by atoms with E-state index in [9.17, 15) is 4.79 Å². The van der Waals surface area contributed by atoms with E-state index in [0.29, 0.717) is 26.1 Å². The first-order valence-electron chi connectivity index (χ1n) is 6.36. The quantitative estimate of drug-likeness (QED) is 0.841. The van der Waals surface area contributed by atoms with Gasteiger partial charge in [-0.25, -0.2) is 0 Å². The van der Waals surface area contributed by atoms with Crippen LogP contribution in [-0.2, 0) is 16.0 Å². The number of rotatable bonds is 5. The van der Waals surface area contributed by atoms with Crippen LogP contribution in [0.2, 0.25) is 0 Å². The van der Waals surface area contributed by atoms with Gasteiger partial charge in [0.15, 0.2) is 0 Å². The third-order valence-corrected chi connectivity index (χ3v) is 3.17. The van der Waals surface area contributed by atoms with Crippen LogP contribution in [0.3, 0.4) is 0 Å². The normalized spacial score (nSPS) is 20.2. The summed E-state index contributed by atoms with van der Waals surface area (Å²) in [5.41, 5.74) is 1.23. The minimum absolute atomic E-state index is 0.00577. The zero-order chi connectivity index (χ0) is 12.8. The summed E-state index contributed by atoms with van der Waals surface area (Å²) in [5, 5.41) is 8.88. The fourth-order valence-electron chi connectivity index (χ4n) is 2.15. The van der Waals surface area contributed by atoms with E-state index in [0.717, 1.165) is 6.42 Å². The predicted octanol–water partition coefficient (Wildman–Crippen LogP) is 0.839. The lowest BCUT2D eigenvalue weighted by Crippen LogP contribution is -2.48. The fraction of sp³-hybridized carbons (Fsp3) is 0.500. The molecule has 1 aromatic carbocycles. The number of ether oxygens (including phenoxy) is 1. The standard InChI is InChI=1S/C14H19NO3/c16-10-7-13-14(17)15(9-11-18-13)8-6-12-4-2-1-3-5-12/h1-5,13,16H,6-11H2. The van der Waals surface area contributed by atoms with Crippen molar-refractivity contribution in [3.63, 3.8) is 0 Å². The summed E-state index contributed by atoms with van der Waals surface area (Å²) < 4.78 is 5.36. The van der Waals surface area contributed by atoms with Crippen molar-refractivity contribution in [2.75, 3.05) is 26.3 Å². The number of amides is 1. The molecule has 1 atom stereocenters. The van der Waals surface area contributed by atoms with Gasteiger partial charge in [-0.1, -0.05) is 30.3 Å². The van der Waals surface area contributed by atoms with Crippen molar-refractivity contribution in [2.45, 2.75) is 18.9 Å². The molecule has 1 fully saturated rings. The van der Waals surface area contributed by atoms with Crippen molar-refractivity contribution < 1.29 is 14.6 Å². The molecule has 0 radical (unpaired) electrons. The van der Waals surface area contributed by atoms with Crippen LogP contribution in [0.1, 0.15) is 12.0 Å². The van der Waals surface area contributed by atoms with Crippen molar-refractivity contribution in [3.8, 4) is 0 Å². The molecule has 1 heterocycles. The average Bonchev–Trinajstić information content (AvgIpc) is 2.41. The highest BCUT2D eigenvalue weighted by atomic mass is 16.5. The van der Waals surface area contributed by atoms with Crippen LogP contribution < -0.4 is 0 Å². The number of hydrogen-bond donors (Lipinski definition) is 1. The molecule has 4 heteroatoms. The van der Waals surface area contributed by atoms with Crippen LogP contribution in [0.4, 0.5) is 0 Å². The summed E-state index contributed by atoms with van der Waals surface area (Å²) in [7, 11) is 0. The smallest absolute Gasteiger partial charge is 0.251 e. The number of aliphatic hydroxyl groups is 1. The number of hydrogen-bond acceptors (Lipinski definition) is 3. The Morgan fingerprint density at radius 2 is 2.11 bits per heavy atom. The van der Waals surface area contributed by atoms with Crippen LogP contribution in [0, 0.1) is 0 Å². The molecule has 1 unspecified atom stereocenters. The first-order valence-corrected chi connectivity index (χ1v) is 6.36. The lowest BCUT2D eigenvalue weighted by molar-refractivity contribution is -0.153. The number of morpholine rings is 1. The van der Waals surface area contributed by atoms with Crippen LogP contribution in [0.25, 0.3) is 0 Å². The van der Waals surface area contributed by atoms with E-state index in [4.69, 9.17) is 9.84 Å². The molecule has 0 aliphatic carbocycles. The van der Waals surface area contributed by atoms with Gasteiger partial charge in [0, 0.05) is 26.1 Å². The van der Waals surface area contributed by atoms with E-state index >= 15 is 0 Å². The van der Waals surface area contributed by atoms with E-state index in [2.05, 4.69) is 12.1 Å². The maximum Gasteiger partial charge on any atom is 0.251 e. The summed E-state index contributed by atoms with van der Waals surface area (Å²) >= 11 is 0. The van der Waals surface area contributed by atoms with Gasteiger partial charge in [-0.05, 0) is 12.0 Å². The second-order valence-corrected chi connectivity index (χ2v) is 4.43. The number of nitrogens with zero attached hydrogens (tertiary/aromatic N) is 1. The highest BCUT2D eigenvalue weighted by Crippen LogP contribution is 2.11. The highest BCUT2D eigenvalue weighted by molar-refractivity contribution is 5.81. The molecule has 0 spiro atoms. The Morgan fingerprint density at radius 3 is 2.83 bits per heavy atom. The molecule has 4 nitrogen and oxygen atoms in total. The molecular weight excluding hydrogens is 230 g/mol. The Bertz CT molecular complexity index is 378. The first-order chi connectivity index (χ1) is 8.81. The van der Waals surface area contributed by atoms with E-state index in [-0.39, 0.29) is 12.5 Å². The second-order valence-electron chi connectivity index (χ2n) is 4.43. The molecule has 1 amide bonds. The third kappa shape index (κ3) is 3.31. The van der Waals surface area contributed by atoms with Gasteiger partial charge in [-0.2, -0.15) is 0 Å². The van der Waals surface area contributed by atoms with Gasteiger partial charge in [0.2, 0.25) is 0 Å². The van der Waals surface area contributed by atoms with E-state index in [1.54, 1.807) is 0 Å². The second kappa shape index (κ2) is 6.52. The Morgan fingerprint density at radius 1 is 1.33 bits per heavy atom. The molecule has 1 aliphatic rings. The minimum Gasteiger partial charge on any atom is -0.396 e.